The molecule has 0 heterocycles. The zero-order valence-corrected chi connectivity index (χ0v) is 11.7. The molecular formula is C12H17BrN2O2. The molecule has 0 aliphatic heterocycles. The van der Waals surface area contributed by atoms with Crippen LogP contribution < -0.4 is 10.5 Å². The van der Waals surface area contributed by atoms with Gasteiger partial charge in [0.1, 0.15) is 5.75 Å². The van der Waals surface area contributed by atoms with E-state index in [9.17, 15) is 4.79 Å². The van der Waals surface area contributed by atoms with Gasteiger partial charge in [0.2, 0.25) is 5.91 Å². The van der Waals surface area contributed by atoms with Crippen LogP contribution in [0.25, 0.3) is 0 Å². The van der Waals surface area contributed by atoms with Gasteiger partial charge in [0.25, 0.3) is 0 Å². The van der Waals surface area contributed by atoms with E-state index in [1.165, 1.54) is 0 Å². The van der Waals surface area contributed by atoms with Crippen LogP contribution in [0.2, 0.25) is 0 Å². The maximum Gasteiger partial charge on any atom is 0.225 e. The highest BCUT2D eigenvalue weighted by Gasteiger charge is 2.06. The molecule has 0 aliphatic rings. The van der Waals surface area contributed by atoms with E-state index in [4.69, 9.17) is 10.5 Å². The van der Waals surface area contributed by atoms with Gasteiger partial charge in [0.15, 0.2) is 0 Å². The van der Waals surface area contributed by atoms with Crippen LogP contribution in [-0.2, 0) is 11.3 Å². The number of nitrogens with two attached hydrogens (primary N) is 1. The summed E-state index contributed by atoms with van der Waals surface area (Å²) in [5.74, 6) is 0.786. The normalized spacial score (nSPS) is 10.1. The fourth-order valence-corrected chi connectivity index (χ4v) is 1.80. The highest BCUT2D eigenvalue weighted by Crippen LogP contribution is 2.25. The van der Waals surface area contributed by atoms with Crippen molar-refractivity contribution in [3.05, 3.63) is 28.2 Å². The van der Waals surface area contributed by atoms with Crippen LogP contribution in [0, 0.1) is 0 Å². The Morgan fingerprint density at radius 1 is 1.47 bits per heavy atom. The molecule has 0 unspecified atom stereocenters. The number of carbonyl (C=O) groups excluding carboxylic acids is 1. The van der Waals surface area contributed by atoms with Crippen LogP contribution in [0.4, 0.5) is 0 Å². The molecule has 0 aromatic heterocycles. The molecule has 1 aromatic carbocycles. The summed E-state index contributed by atoms with van der Waals surface area (Å²) in [5.41, 5.74) is 6.57. The van der Waals surface area contributed by atoms with E-state index in [-0.39, 0.29) is 5.91 Å². The van der Waals surface area contributed by atoms with Crippen LogP contribution in [0.15, 0.2) is 22.7 Å². The van der Waals surface area contributed by atoms with Crippen LogP contribution in [-0.4, -0.2) is 31.5 Å². The lowest BCUT2D eigenvalue weighted by Crippen LogP contribution is -2.23. The number of rotatable bonds is 5. The molecule has 2 N–H and O–H groups in total. The highest BCUT2D eigenvalue weighted by molar-refractivity contribution is 9.10. The molecule has 0 saturated carbocycles. The largest absolute Gasteiger partial charge is 0.492 e. The van der Waals surface area contributed by atoms with E-state index >= 15 is 0 Å². The lowest BCUT2D eigenvalue weighted by molar-refractivity contribution is -0.129. The van der Waals surface area contributed by atoms with E-state index in [1.54, 1.807) is 19.0 Å². The molecule has 0 spiro atoms. The number of hydrogen-bond donors (Lipinski definition) is 1. The van der Waals surface area contributed by atoms with Gasteiger partial charge in [-0.15, -0.1) is 0 Å². The minimum absolute atomic E-state index is 0.0553. The predicted molar refractivity (Wildman–Crippen MR) is 70.8 cm³/mol. The van der Waals surface area contributed by atoms with E-state index in [1.807, 2.05) is 18.2 Å². The predicted octanol–water partition coefficient (Wildman–Crippen LogP) is 1.76. The topological polar surface area (TPSA) is 55.6 Å². The number of nitrogens with zero attached hydrogens (tertiary/aromatic N) is 1. The summed E-state index contributed by atoms with van der Waals surface area (Å²) in [6, 6.07) is 5.68. The summed E-state index contributed by atoms with van der Waals surface area (Å²) in [6.07, 6.45) is 0.373. The summed E-state index contributed by atoms with van der Waals surface area (Å²) >= 11 is 3.41. The third kappa shape index (κ3) is 4.36. The molecule has 1 rings (SSSR count). The van der Waals surface area contributed by atoms with Crippen molar-refractivity contribution < 1.29 is 9.53 Å². The van der Waals surface area contributed by atoms with Crippen molar-refractivity contribution in [2.24, 2.45) is 5.73 Å². The Morgan fingerprint density at radius 3 is 2.71 bits per heavy atom. The van der Waals surface area contributed by atoms with E-state index < -0.39 is 0 Å². The summed E-state index contributed by atoms with van der Waals surface area (Å²) in [5, 5.41) is 0. The molecule has 0 aliphatic carbocycles. The molecule has 0 atom stereocenters. The molecule has 5 heteroatoms. The molecule has 0 bridgehead atoms. The van der Waals surface area contributed by atoms with Crippen molar-refractivity contribution in [2.75, 3.05) is 20.7 Å². The van der Waals surface area contributed by atoms with Gasteiger partial charge in [-0.05, 0) is 33.6 Å². The van der Waals surface area contributed by atoms with Crippen molar-refractivity contribution in [1.29, 1.82) is 0 Å². The third-order valence-corrected chi connectivity index (χ3v) is 2.92. The van der Waals surface area contributed by atoms with E-state index in [2.05, 4.69) is 15.9 Å². The van der Waals surface area contributed by atoms with Crippen molar-refractivity contribution in [2.45, 2.75) is 13.0 Å². The fourth-order valence-electron chi connectivity index (χ4n) is 1.26. The highest BCUT2D eigenvalue weighted by atomic mass is 79.9. The van der Waals surface area contributed by atoms with Crippen LogP contribution >= 0.6 is 15.9 Å². The fraction of sp³-hybridized carbons (Fsp3) is 0.417. The summed E-state index contributed by atoms with van der Waals surface area (Å²) in [7, 11) is 3.46. The third-order valence-electron chi connectivity index (χ3n) is 2.30. The second-order valence-corrected chi connectivity index (χ2v) is 4.71. The molecule has 1 amide bonds. The molecule has 1 aromatic rings. The van der Waals surface area contributed by atoms with Gasteiger partial charge in [-0.1, -0.05) is 6.07 Å². The lowest BCUT2D eigenvalue weighted by Gasteiger charge is -2.12. The molecule has 94 valence electrons. The van der Waals surface area contributed by atoms with Gasteiger partial charge >= 0.3 is 0 Å². The minimum atomic E-state index is 0.0553. The molecule has 0 saturated heterocycles. The second kappa shape index (κ2) is 6.61. The Morgan fingerprint density at radius 2 is 2.18 bits per heavy atom. The van der Waals surface area contributed by atoms with Crippen LogP contribution in [0.3, 0.4) is 0 Å². The Kier molecular flexibility index (Phi) is 5.44. The lowest BCUT2D eigenvalue weighted by atomic mass is 10.2. The summed E-state index contributed by atoms with van der Waals surface area (Å²) < 4.78 is 6.38. The monoisotopic (exact) mass is 300 g/mol. The number of carbonyl (C=O) groups is 1. The zero-order valence-electron chi connectivity index (χ0n) is 10.1. The van der Waals surface area contributed by atoms with Crippen molar-refractivity contribution in [1.82, 2.24) is 4.90 Å². The molecule has 0 radical (unpaired) electrons. The second-order valence-electron chi connectivity index (χ2n) is 3.86. The number of ether oxygens (including phenoxy) is 1. The number of amides is 1. The Labute approximate surface area is 110 Å². The van der Waals surface area contributed by atoms with Crippen LogP contribution in [0.1, 0.15) is 12.0 Å². The van der Waals surface area contributed by atoms with Gasteiger partial charge in [-0.2, -0.15) is 0 Å². The van der Waals surface area contributed by atoms with Crippen LogP contribution in [0.5, 0.6) is 5.75 Å². The average molecular weight is 301 g/mol. The average Bonchev–Trinajstić information content (AvgIpc) is 2.30. The Bertz CT molecular complexity index is 394. The Balaban J connectivity index is 2.50. The van der Waals surface area contributed by atoms with Gasteiger partial charge in [-0.25, -0.2) is 0 Å². The van der Waals surface area contributed by atoms with E-state index in [0.717, 1.165) is 15.8 Å². The van der Waals surface area contributed by atoms with Gasteiger partial charge in [-0.3, -0.25) is 4.79 Å². The molecule has 0 fully saturated rings. The quantitative estimate of drug-likeness (QED) is 0.901. The van der Waals surface area contributed by atoms with Crippen molar-refractivity contribution in [3.63, 3.8) is 0 Å². The van der Waals surface area contributed by atoms with Gasteiger partial charge in [0.05, 0.1) is 17.5 Å². The number of benzene rings is 1. The first-order valence-electron chi connectivity index (χ1n) is 5.36. The van der Waals surface area contributed by atoms with Crippen molar-refractivity contribution >= 4 is 21.8 Å². The Hall–Kier alpha value is -1.07. The number of halogens is 1. The standard InChI is InChI=1S/C12H17BrN2O2/c1-15(2)12(16)5-6-17-11-4-3-9(8-14)7-10(11)13/h3-4,7H,5-6,8,14H2,1-2H3. The maximum atomic E-state index is 11.3. The zero-order chi connectivity index (χ0) is 12.8. The molecule has 17 heavy (non-hydrogen) atoms. The minimum Gasteiger partial charge on any atom is -0.492 e. The maximum absolute atomic E-state index is 11.3. The van der Waals surface area contributed by atoms with E-state index in [0.29, 0.717) is 19.6 Å². The van der Waals surface area contributed by atoms with Gasteiger partial charge < -0.3 is 15.4 Å². The number of hydrogen-bond acceptors (Lipinski definition) is 3. The summed E-state index contributed by atoms with van der Waals surface area (Å²) in [4.78, 5) is 12.9. The first kappa shape index (κ1) is 14.0. The molecular weight excluding hydrogens is 284 g/mol. The summed E-state index contributed by atoms with van der Waals surface area (Å²) in [6.45, 7) is 0.871. The first-order valence-corrected chi connectivity index (χ1v) is 6.15. The first-order chi connectivity index (χ1) is 8.04. The van der Waals surface area contributed by atoms with Gasteiger partial charge in [0, 0.05) is 20.6 Å². The van der Waals surface area contributed by atoms with Crippen molar-refractivity contribution in [3.8, 4) is 5.75 Å². The smallest absolute Gasteiger partial charge is 0.225 e. The SMILES string of the molecule is CN(C)C(=O)CCOc1ccc(CN)cc1Br. The molecule has 4 nitrogen and oxygen atoms in total.